The summed E-state index contributed by atoms with van der Waals surface area (Å²) in [6, 6.07) is 5.86. The zero-order valence-corrected chi connectivity index (χ0v) is 13.8. The average molecular weight is 323 g/mol. The van der Waals surface area contributed by atoms with Crippen LogP contribution in [0.1, 0.15) is 36.8 Å². The summed E-state index contributed by atoms with van der Waals surface area (Å²) in [5.74, 6) is 0.119. The lowest BCUT2D eigenvalue weighted by molar-refractivity contribution is -0.130. The van der Waals surface area contributed by atoms with Crippen molar-refractivity contribution in [2.24, 2.45) is 0 Å². The highest BCUT2D eigenvalue weighted by molar-refractivity contribution is 6.31. The molecule has 120 valence electrons. The minimum Gasteiger partial charge on any atom is -0.356 e. The van der Waals surface area contributed by atoms with Crippen molar-refractivity contribution in [3.63, 3.8) is 0 Å². The van der Waals surface area contributed by atoms with Crippen LogP contribution in [0.3, 0.4) is 0 Å². The Morgan fingerprint density at radius 1 is 1.23 bits per heavy atom. The molecule has 22 heavy (non-hydrogen) atoms. The van der Waals surface area contributed by atoms with Gasteiger partial charge in [-0.05, 0) is 43.4 Å². The number of amides is 2. The van der Waals surface area contributed by atoms with Gasteiger partial charge in [-0.15, -0.1) is 0 Å². The van der Waals surface area contributed by atoms with Gasteiger partial charge in [0.2, 0.25) is 11.8 Å². The Morgan fingerprint density at radius 2 is 1.95 bits per heavy atom. The molecule has 1 saturated heterocycles. The zero-order chi connectivity index (χ0) is 15.9. The lowest BCUT2D eigenvalue weighted by Crippen LogP contribution is -2.32. The Hall–Kier alpha value is -1.55. The fraction of sp³-hybridized carbons (Fsp3) is 0.529. The van der Waals surface area contributed by atoms with E-state index in [0.717, 1.165) is 42.1 Å². The maximum atomic E-state index is 11.8. The van der Waals surface area contributed by atoms with Crippen LogP contribution < -0.4 is 5.32 Å². The van der Waals surface area contributed by atoms with Crippen molar-refractivity contribution in [1.82, 2.24) is 10.2 Å². The summed E-state index contributed by atoms with van der Waals surface area (Å²) < 4.78 is 0. The average Bonchev–Trinajstić information content (AvgIpc) is 3.03. The van der Waals surface area contributed by atoms with Crippen LogP contribution in [0.2, 0.25) is 5.02 Å². The second-order valence-electron chi connectivity index (χ2n) is 5.77. The molecule has 0 aromatic heterocycles. The molecule has 0 unspecified atom stereocenters. The molecule has 1 aliphatic rings. The summed E-state index contributed by atoms with van der Waals surface area (Å²) in [6.45, 7) is 4.10. The molecule has 1 fully saturated rings. The summed E-state index contributed by atoms with van der Waals surface area (Å²) in [5, 5.41) is 3.54. The van der Waals surface area contributed by atoms with E-state index in [0.29, 0.717) is 25.8 Å². The van der Waals surface area contributed by atoms with E-state index >= 15 is 0 Å². The summed E-state index contributed by atoms with van der Waals surface area (Å²) in [5.41, 5.74) is 2.09. The predicted molar refractivity (Wildman–Crippen MR) is 88.0 cm³/mol. The van der Waals surface area contributed by atoms with E-state index in [1.165, 1.54) is 0 Å². The molecule has 1 aliphatic heterocycles. The first-order valence-electron chi connectivity index (χ1n) is 7.86. The van der Waals surface area contributed by atoms with Gasteiger partial charge in [-0.25, -0.2) is 0 Å². The van der Waals surface area contributed by atoms with Crippen molar-refractivity contribution in [3.8, 4) is 0 Å². The third kappa shape index (κ3) is 5.02. The van der Waals surface area contributed by atoms with E-state index in [9.17, 15) is 9.59 Å². The van der Waals surface area contributed by atoms with Crippen LogP contribution in [0.4, 0.5) is 0 Å². The highest BCUT2D eigenvalue weighted by Crippen LogP contribution is 2.17. The van der Waals surface area contributed by atoms with Gasteiger partial charge in [-0.3, -0.25) is 9.59 Å². The molecule has 0 atom stereocenters. The molecule has 0 radical (unpaired) electrons. The molecule has 2 amide bonds. The van der Waals surface area contributed by atoms with E-state index in [4.69, 9.17) is 11.6 Å². The minimum absolute atomic E-state index is 0.0223. The molecule has 1 aromatic rings. The fourth-order valence-electron chi connectivity index (χ4n) is 2.57. The minimum atomic E-state index is -0.0223. The number of hydrogen-bond acceptors (Lipinski definition) is 2. The van der Waals surface area contributed by atoms with Gasteiger partial charge in [-0.2, -0.15) is 0 Å². The Kier molecular flexibility index (Phi) is 6.25. The number of nitrogens with one attached hydrogen (secondary N) is 1. The van der Waals surface area contributed by atoms with Gasteiger partial charge >= 0.3 is 0 Å². The van der Waals surface area contributed by atoms with Gasteiger partial charge in [0.15, 0.2) is 0 Å². The molecule has 0 spiro atoms. The Balaban J connectivity index is 1.65. The first-order chi connectivity index (χ1) is 10.6. The quantitative estimate of drug-likeness (QED) is 0.875. The second kappa shape index (κ2) is 8.18. The molecule has 0 saturated carbocycles. The number of rotatable bonds is 6. The number of benzene rings is 1. The third-order valence-electron chi connectivity index (χ3n) is 4.00. The summed E-state index contributed by atoms with van der Waals surface area (Å²) in [7, 11) is 0. The Labute approximate surface area is 136 Å². The first kappa shape index (κ1) is 16.8. The normalized spacial score (nSPS) is 14.2. The zero-order valence-electron chi connectivity index (χ0n) is 13.0. The van der Waals surface area contributed by atoms with Crippen LogP contribution in [0, 0.1) is 6.92 Å². The van der Waals surface area contributed by atoms with Crippen molar-refractivity contribution < 1.29 is 9.59 Å². The first-order valence-corrected chi connectivity index (χ1v) is 8.23. The van der Waals surface area contributed by atoms with Crippen molar-refractivity contribution in [2.75, 3.05) is 19.6 Å². The number of carbonyl (C=O) groups is 2. The molecule has 5 heteroatoms. The van der Waals surface area contributed by atoms with Crippen LogP contribution in [0.15, 0.2) is 18.2 Å². The number of likely N-dealkylation sites (tertiary alicyclic amines) is 1. The van der Waals surface area contributed by atoms with Gasteiger partial charge in [-0.1, -0.05) is 23.7 Å². The molecule has 1 heterocycles. The lowest BCUT2D eigenvalue weighted by atomic mass is 10.1. The van der Waals surface area contributed by atoms with Crippen molar-refractivity contribution >= 4 is 23.4 Å². The SMILES string of the molecule is Cc1ccc(CCC(=O)NCCC(=O)N2CCCC2)cc1Cl. The molecule has 1 aromatic carbocycles. The largest absolute Gasteiger partial charge is 0.356 e. The lowest BCUT2D eigenvalue weighted by Gasteiger charge is -2.15. The Morgan fingerprint density at radius 3 is 2.64 bits per heavy atom. The molecule has 2 rings (SSSR count). The predicted octanol–water partition coefficient (Wildman–Crippen LogP) is 2.71. The highest BCUT2D eigenvalue weighted by Gasteiger charge is 2.17. The summed E-state index contributed by atoms with van der Waals surface area (Å²) >= 11 is 6.07. The van der Waals surface area contributed by atoms with Crippen molar-refractivity contribution in [3.05, 3.63) is 34.3 Å². The molecule has 1 N–H and O–H groups in total. The van der Waals surface area contributed by atoms with E-state index in [1.54, 1.807) is 0 Å². The van der Waals surface area contributed by atoms with Gasteiger partial charge < -0.3 is 10.2 Å². The van der Waals surface area contributed by atoms with Crippen LogP contribution in [0.5, 0.6) is 0 Å². The summed E-state index contributed by atoms with van der Waals surface area (Å²) in [4.78, 5) is 25.5. The molecule has 0 aliphatic carbocycles. The standard InChI is InChI=1S/C17H23ClN2O2/c1-13-4-5-14(12-15(13)18)6-7-16(21)19-9-8-17(22)20-10-2-3-11-20/h4-5,12H,2-3,6-11H2,1H3,(H,19,21). The maximum absolute atomic E-state index is 11.8. The summed E-state index contributed by atoms with van der Waals surface area (Å²) in [6.07, 6.45) is 3.65. The van der Waals surface area contributed by atoms with Gasteiger partial charge in [0.25, 0.3) is 0 Å². The highest BCUT2D eigenvalue weighted by atomic mass is 35.5. The van der Waals surface area contributed by atoms with E-state index in [1.807, 2.05) is 30.0 Å². The van der Waals surface area contributed by atoms with E-state index in [-0.39, 0.29) is 11.8 Å². The van der Waals surface area contributed by atoms with Crippen molar-refractivity contribution in [1.29, 1.82) is 0 Å². The van der Waals surface area contributed by atoms with Crippen LogP contribution in [-0.4, -0.2) is 36.3 Å². The fourth-order valence-corrected chi connectivity index (χ4v) is 2.77. The Bertz CT molecular complexity index is 539. The number of halogens is 1. The molecule has 4 nitrogen and oxygen atoms in total. The number of hydrogen-bond donors (Lipinski definition) is 1. The van der Waals surface area contributed by atoms with Gasteiger partial charge in [0, 0.05) is 37.5 Å². The number of carbonyl (C=O) groups excluding carboxylic acids is 2. The smallest absolute Gasteiger partial charge is 0.224 e. The van der Waals surface area contributed by atoms with E-state index in [2.05, 4.69) is 5.32 Å². The van der Waals surface area contributed by atoms with Gasteiger partial charge in [0.1, 0.15) is 0 Å². The topological polar surface area (TPSA) is 49.4 Å². The van der Waals surface area contributed by atoms with Crippen LogP contribution in [-0.2, 0) is 16.0 Å². The van der Waals surface area contributed by atoms with Gasteiger partial charge in [0.05, 0.1) is 0 Å². The molecular weight excluding hydrogens is 300 g/mol. The van der Waals surface area contributed by atoms with Crippen molar-refractivity contribution in [2.45, 2.75) is 39.0 Å². The maximum Gasteiger partial charge on any atom is 0.224 e. The monoisotopic (exact) mass is 322 g/mol. The number of nitrogens with zero attached hydrogens (tertiary/aromatic N) is 1. The van der Waals surface area contributed by atoms with E-state index < -0.39 is 0 Å². The number of aryl methyl sites for hydroxylation is 2. The third-order valence-corrected chi connectivity index (χ3v) is 4.40. The van der Waals surface area contributed by atoms with Crippen LogP contribution >= 0.6 is 11.6 Å². The second-order valence-corrected chi connectivity index (χ2v) is 6.18. The molecular formula is C17H23ClN2O2. The molecule has 0 bridgehead atoms. The van der Waals surface area contributed by atoms with Crippen LogP contribution in [0.25, 0.3) is 0 Å².